The predicted octanol–water partition coefficient (Wildman–Crippen LogP) is 6.15. The Morgan fingerprint density at radius 3 is 2.31 bits per heavy atom. The minimum Gasteiger partial charge on any atom is -0.354 e. The Morgan fingerprint density at radius 1 is 0.926 bits per heavy atom. The maximum Gasteiger partial charge on any atom is 0.253 e. The molecule has 0 radical (unpaired) electrons. The molecule has 4 aromatic rings. The number of aromatic nitrogens is 4. The maximum atomic E-state index is 13.7. The monoisotopic (exact) mass is 732 g/mol. The van der Waals surface area contributed by atoms with Crippen LogP contribution in [-0.4, -0.2) is 75.7 Å². The van der Waals surface area contributed by atoms with Gasteiger partial charge in [0.2, 0.25) is 5.91 Å². The van der Waals surface area contributed by atoms with Gasteiger partial charge in [-0.25, -0.2) is 4.98 Å². The zero-order valence-corrected chi connectivity index (χ0v) is 32.8. The minimum absolute atomic E-state index is 0.104. The molecule has 1 saturated heterocycles. The number of amides is 2. The Hall–Kier alpha value is -4.51. The topological polar surface area (TPSA) is 128 Å². The number of fused-ring (bicyclic) bond motifs is 1. The highest BCUT2D eigenvalue weighted by molar-refractivity contribution is 6.08. The smallest absolute Gasteiger partial charge is 0.253 e. The second-order valence-corrected chi connectivity index (χ2v) is 18.2. The number of benzene rings is 1. The van der Waals surface area contributed by atoms with E-state index in [1.165, 1.54) is 19.3 Å². The van der Waals surface area contributed by atoms with E-state index >= 15 is 0 Å². The second kappa shape index (κ2) is 13.7. The summed E-state index contributed by atoms with van der Waals surface area (Å²) >= 11 is 0. The number of carbonyl (C=O) groups is 2. The number of nitrogens with zero attached hydrogens (tertiary/aromatic N) is 5. The first-order valence-corrected chi connectivity index (χ1v) is 19.9. The Bertz CT molecular complexity index is 2130. The third-order valence-corrected chi connectivity index (χ3v) is 13.0. The molecule has 4 saturated carbocycles. The summed E-state index contributed by atoms with van der Waals surface area (Å²) in [4.78, 5) is 52.5. The number of piperazine rings is 1. The SMILES string of the molecule is Cc1cc(C)c(CNC(=O)c2cc(-c3ccc(N4CCN(CCNC(=O)C56CC7CC(C)(CC(C)(C7)C5)C6)CC4)nc3)cc3c2cnn3C(C)C)c(=O)[nH]1. The van der Waals surface area contributed by atoms with Crippen LogP contribution < -0.4 is 21.1 Å². The summed E-state index contributed by atoms with van der Waals surface area (Å²) in [5.41, 5.74) is 5.67. The molecule has 0 spiro atoms. The van der Waals surface area contributed by atoms with E-state index in [9.17, 15) is 14.4 Å². The quantitative estimate of drug-likeness (QED) is 0.179. The molecule has 2 unspecified atom stereocenters. The highest BCUT2D eigenvalue weighted by Crippen LogP contribution is 2.69. The van der Waals surface area contributed by atoms with Crippen molar-refractivity contribution in [1.82, 2.24) is 35.3 Å². The van der Waals surface area contributed by atoms with Crippen LogP contribution in [0, 0.1) is 36.0 Å². The molecule has 3 N–H and O–H groups in total. The third kappa shape index (κ3) is 6.84. The van der Waals surface area contributed by atoms with Gasteiger partial charge in [0.25, 0.3) is 11.5 Å². The van der Waals surface area contributed by atoms with Crippen molar-refractivity contribution in [3.63, 3.8) is 0 Å². The standard InChI is InChI=1S/C43H56N8O3/c1-27(2)51-36-17-32(16-33(35(36)23-47-51)38(52)46-22-34-28(3)15-29(4)48-39(34)53)31-7-8-37(45-21-31)50-13-11-49(12-14-50)10-9-44-40(54)43-20-30-18-41(5,25-43)24-42(6,19-30)26-43/h7-8,15-17,21,23,27,30H,9-14,18-20,22,24-26H2,1-6H3,(H,44,54)(H,46,52)(H,48,53). The van der Waals surface area contributed by atoms with Gasteiger partial charge < -0.3 is 20.5 Å². The van der Waals surface area contributed by atoms with E-state index in [4.69, 9.17) is 4.98 Å². The van der Waals surface area contributed by atoms with Gasteiger partial charge in [-0.15, -0.1) is 0 Å². The van der Waals surface area contributed by atoms with Gasteiger partial charge in [-0.3, -0.25) is 24.0 Å². The lowest BCUT2D eigenvalue weighted by molar-refractivity contribution is -0.170. The lowest BCUT2D eigenvalue weighted by atomic mass is 9.40. The first-order valence-electron chi connectivity index (χ1n) is 19.9. The number of pyridine rings is 2. The van der Waals surface area contributed by atoms with Gasteiger partial charge in [-0.2, -0.15) is 5.10 Å². The van der Waals surface area contributed by atoms with Crippen molar-refractivity contribution < 1.29 is 9.59 Å². The minimum atomic E-state index is -0.261. The van der Waals surface area contributed by atoms with E-state index in [-0.39, 0.29) is 29.5 Å². The van der Waals surface area contributed by atoms with Crippen LogP contribution in [0.25, 0.3) is 22.0 Å². The van der Waals surface area contributed by atoms with Crippen LogP contribution in [0.4, 0.5) is 5.82 Å². The summed E-state index contributed by atoms with van der Waals surface area (Å²) in [6.07, 6.45) is 10.7. The van der Waals surface area contributed by atoms with Crippen molar-refractivity contribution in [3.8, 4) is 11.1 Å². The fourth-order valence-electron chi connectivity index (χ4n) is 11.4. The number of H-pyrrole nitrogens is 1. The first kappa shape index (κ1) is 36.5. The second-order valence-electron chi connectivity index (χ2n) is 18.2. The zero-order chi connectivity index (χ0) is 38.0. The summed E-state index contributed by atoms with van der Waals surface area (Å²) in [6.45, 7) is 18.0. The molecule has 286 valence electrons. The summed E-state index contributed by atoms with van der Waals surface area (Å²) in [6, 6.07) is 10.1. The molecule has 2 amide bonds. The van der Waals surface area contributed by atoms with E-state index in [1.807, 2.05) is 36.9 Å². The number of anilines is 1. The molecule has 4 bridgehead atoms. The Kier molecular flexibility index (Phi) is 9.22. The number of hydrogen-bond acceptors (Lipinski definition) is 7. The van der Waals surface area contributed by atoms with Crippen molar-refractivity contribution in [2.45, 2.75) is 92.7 Å². The van der Waals surface area contributed by atoms with Crippen molar-refractivity contribution in [2.24, 2.45) is 22.2 Å². The molecule has 5 fully saturated rings. The van der Waals surface area contributed by atoms with Crippen molar-refractivity contribution in [2.75, 3.05) is 44.2 Å². The largest absolute Gasteiger partial charge is 0.354 e. The fourth-order valence-corrected chi connectivity index (χ4v) is 11.4. The lowest BCUT2D eigenvalue weighted by Gasteiger charge is -2.64. The number of hydrogen-bond donors (Lipinski definition) is 3. The number of nitrogens with one attached hydrogen (secondary N) is 3. The molecule has 5 aliphatic rings. The van der Waals surface area contributed by atoms with Gasteiger partial charge in [0, 0.05) is 80.3 Å². The summed E-state index contributed by atoms with van der Waals surface area (Å²) in [5.74, 6) is 1.69. The van der Waals surface area contributed by atoms with Gasteiger partial charge in [-0.05, 0) is 124 Å². The van der Waals surface area contributed by atoms with Crippen molar-refractivity contribution >= 4 is 28.5 Å². The van der Waals surface area contributed by atoms with E-state index in [0.29, 0.717) is 40.3 Å². The molecule has 3 aromatic heterocycles. The van der Waals surface area contributed by atoms with E-state index < -0.39 is 0 Å². The predicted molar refractivity (Wildman–Crippen MR) is 213 cm³/mol. The van der Waals surface area contributed by atoms with Crippen molar-refractivity contribution in [3.05, 3.63) is 75.5 Å². The third-order valence-electron chi connectivity index (χ3n) is 13.0. The molecule has 1 aliphatic heterocycles. The number of rotatable bonds is 10. The first-order chi connectivity index (χ1) is 25.7. The number of carbonyl (C=O) groups excluding carboxylic acids is 2. The van der Waals surface area contributed by atoms with Gasteiger partial charge in [0.1, 0.15) is 5.82 Å². The molecular formula is C43H56N8O3. The highest BCUT2D eigenvalue weighted by Gasteiger charge is 2.62. The van der Waals surface area contributed by atoms with Crippen LogP contribution >= 0.6 is 0 Å². The van der Waals surface area contributed by atoms with E-state index in [0.717, 1.165) is 91.1 Å². The van der Waals surface area contributed by atoms with Gasteiger partial charge in [-0.1, -0.05) is 13.8 Å². The number of aromatic amines is 1. The molecule has 2 atom stereocenters. The van der Waals surface area contributed by atoms with E-state index in [2.05, 4.69) is 76.4 Å². The maximum absolute atomic E-state index is 13.7. The van der Waals surface area contributed by atoms with Gasteiger partial charge >= 0.3 is 0 Å². The van der Waals surface area contributed by atoms with E-state index in [1.54, 1.807) is 6.20 Å². The van der Waals surface area contributed by atoms with Crippen LogP contribution in [0.1, 0.15) is 99.4 Å². The van der Waals surface area contributed by atoms with Gasteiger partial charge in [0.05, 0.1) is 22.7 Å². The molecule has 1 aromatic carbocycles. The average molecular weight is 733 g/mol. The molecular weight excluding hydrogens is 677 g/mol. The van der Waals surface area contributed by atoms with Gasteiger partial charge in [0.15, 0.2) is 0 Å². The Labute approximate surface area is 318 Å². The molecule has 4 heterocycles. The summed E-state index contributed by atoms with van der Waals surface area (Å²) in [7, 11) is 0. The molecule has 11 nitrogen and oxygen atoms in total. The molecule has 9 rings (SSSR count). The highest BCUT2D eigenvalue weighted by atomic mass is 16.2. The van der Waals surface area contributed by atoms with Crippen LogP contribution in [0.3, 0.4) is 0 Å². The van der Waals surface area contributed by atoms with Crippen LogP contribution in [0.5, 0.6) is 0 Å². The molecule has 54 heavy (non-hydrogen) atoms. The molecule has 4 aliphatic carbocycles. The van der Waals surface area contributed by atoms with Crippen LogP contribution in [0.15, 0.2) is 47.5 Å². The number of aryl methyl sites for hydroxylation is 2. The lowest BCUT2D eigenvalue weighted by Crippen LogP contribution is -2.60. The summed E-state index contributed by atoms with van der Waals surface area (Å²) in [5, 5.41) is 11.7. The van der Waals surface area contributed by atoms with Crippen molar-refractivity contribution in [1.29, 1.82) is 0 Å². The Balaban J connectivity index is 0.899. The van der Waals surface area contributed by atoms with Crippen LogP contribution in [0.2, 0.25) is 0 Å². The fraction of sp³-hybridized carbons (Fsp3) is 0.558. The molecule has 11 heteroatoms. The Morgan fingerprint density at radius 2 is 1.67 bits per heavy atom. The van der Waals surface area contributed by atoms with Crippen LogP contribution in [-0.2, 0) is 11.3 Å². The normalized spacial score (nSPS) is 26.5. The average Bonchev–Trinajstić information content (AvgIpc) is 3.54. The summed E-state index contributed by atoms with van der Waals surface area (Å²) < 4.78 is 1.93. The zero-order valence-electron chi connectivity index (χ0n) is 32.8.